The Bertz CT molecular complexity index is 1280. The summed E-state index contributed by atoms with van der Waals surface area (Å²) in [6.07, 6.45) is 2.46. The Morgan fingerprint density at radius 2 is 1.87 bits per heavy atom. The predicted octanol–water partition coefficient (Wildman–Crippen LogP) is 3.97. The lowest BCUT2D eigenvalue weighted by Gasteiger charge is -2.10. The molecule has 0 amide bonds. The van der Waals surface area contributed by atoms with E-state index in [9.17, 15) is 9.59 Å². The van der Waals surface area contributed by atoms with Crippen LogP contribution in [0.3, 0.4) is 0 Å². The van der Waals surface area contributed by atoms with E-state index in [-0.39, 0.29) is 5.56 Å². The van der Waals surface area contributed by atoms with Gasteiger partial charge in [-0.1, -0.05) is 30.3 Å². The average molecular weight is 417 g/mol. The minimum atomic E-state index is -0.490. The number of fused-ring (bicyclic) bond motifs is 1. The van der Waals surface area contributed by atoms with Gasteiger partial charge in [-0.15, -0.1) is 0 Å². The number of aromatic nitrogens is 2. The summed E-state index contributed by atoms with van der Waals surface area (Å²) >= 11 is 0. The third kappa shape index (κ3) is 4.16. The van der Waals surface area contributed by atoms with Crippen molar-refractivity contribution in [3.05, 3.63) is 82.3 Å². The van der Waals surface area contributed by atoms with E-state index in [1.807, 2.05) is 30.3 Å². The van der Waals surface area contributed by atoms with Gasteiger partial charge in [0.1, 0.15) is 11.3 Å². The first kappa shape index (κ1) is 20.3. The van der Waals surface area contributed by atoms with Crippen LogP contribution in [-0.4, -0.2) is 36.7 Å². The quantitative estimate of drug-likeness (QED) is 0.396. The normalized spacial score (nSPS) is 10.8. The molecule has 0 bridgehead atoms. The van der Waals surface area contributed by atoms with Gasteiger partial charge in [0.15, 0.2) is 0 Å². The minimum absolute atomic E-state index is 0.212. The van der Waals surface area contributed by atoms with Crippen LogP contribution in [0, 0.1) is 0 Å². The highest BCUT2D eigenvalue weighted by Gasteiger charge is 2.17. The number of hydrogen-bond acceptors (Lipinski definition) is 5. The number of hydrogen-bond donors (Lipinski definition) is 3. The molecular formula is C24H23N3O4. The van der Waals surface area contributed by atoms with Crippen molar-refractivity contribution in [2.45, 2.75) is 6.42 Å². The maximum atomic E-state index is 12.7. The first-order valence-electron chi connectivity index (χ1n) is 9.89. The number of H-pyrrole nitrogens is 2. The Balaban J connectivity index is 1.68. The fraction of sp³-hybridized carbons (Fsp3) is 0.167. The van der Waals surface area contributed by atoms with Crippen LogP contribution in [-0.2, 0) is 11.2 Å². The van der Waals surface area contributed by atoms with E-state index >= 15 is 0 Å². The van der Waals surface area contributed by atoms with Gasteiger partial charge in [-0.25, -0.2) is 4.79 Å². The van der Waals surface area contributed by atoms with Crippen LogP contribution in [0.25, 0.3) is 22.2 Å². The predicted molar refractivity (Wildman–Crippen MR) is 121 cm³/mol. The lowest BCUT2D eigenvalue weighted by Crippen LogP contribution is -2.14. The van der Waals surface area contributed by atoms with Crippen LogP contribution in [0.4, 0.5) is 5.69 Å². The Morgan fingerprint density at radius 3 is 2.61 bits per heavy atom. The van der Waals surface area contributed by atoms with Gasteiger partial charge >= 0.3 is 5.97 Å². The molecule has 0 radical (unpaired) electrons. The van der Waals surface area contributed by atoms with E-state index in [1.54, 1.807) is 18.3 Å². The van der Waals surface area contributed by atoms with Crippen LogP contribution < -0.4 is 15.6 Å². The number of esters is 1. The van der Waals surface area contributed by atoms with Gasteiger partial charge < -0.3 is 24.8 Å². The van der Waals surface area contributed by atoms with Gasteiger partial charge in [0, 0.05) is 23.6 Å². The van der Waals surface area contributed by atoms with E-state index in [4.69, 9.17) is 9.47 Å². The second-order valence-corrected chi connectivity index (χ2v) is 7.07. The highest BCUT2D eigenvalue weighted by atomic mass is 16.5. The van der Waals surface area contributed by atoms with Crippen molar-refractivity contribution in [1.29, 1.82) is 0 Å². The first-order chi connectivity index (χ1) is 15.1. The molecule has 4 aromatic rings. The van der Waals surface area contributed by atoms with E-state index in [2.05, 4.69) is 27.4 Å². The molecule has 0 spiro atoms. The van der Waals surface area contributed by atoms with Crippen molar-refractivity contribution in [1.82, 2.24) is 9.97 Å². The number of methoxy groups -OCH3 is 2. The zero-order chi connectivity index (χ0) is 21.8. The van der Waals surface area contributed by atoms with Crippen molar-refractivity contribution in [2.75, 3.05) is 26.1 Å². The van der Waals surface area contributed by atoms with Crippen molar-refractivity contribution < 1.29 is 14.3 Å². The highest BCUT2D eigenvalue weighted by Crippen LogP contribution is 2.31. The van der Waals surface area contributed by atoms with Gasteiger partial charge in [0.05, 0.1) is 31.2 Å². The average Bonchev–Trinajstić information content (AvgIpc) is 3.20. The number of ether oxygens (including phenoxy) is 2. The number of pyridine rings is 1. The minimum Gasteiger partial charge on any atom is -0.496 e. The SMILES string of the molecule is COC(=O)c1cc2[nH]c(-c3c(NCCc4ccccc4)cc[nH]c3=O)cc2cc1OC. The Hall–Kier alpha value is -4.00. The largest absolute Gasteiger partial charge is 0.496 e. The number of benzene rings is 2. The van der Waals surface area contributed by atoms with Crippen molar-refractivity contribution in [3.63, 3.8) is 0 Å². The van der Waals surface area contributed by atoms with Crippen LogP contribution >= 0.6 is 0 Å². The third-order valence-electron chi connectivity index (χ3n) is 5.15. The molecule has 158 valence electrons. The highest BCUT2D eigenvalue weighted by molar-refractivity contribution is 5.99. The molecule has 0 aliphatic heterocycles. The van der Waals surface area contributed by atoms with Gasteiger partial charge in [-0.2, -0.15) is 0 Å². The standard InChI is InChI=1S/C24H23N3O4/c1-30-21-13-16-12-20(27-19(16)14-17(21)24(29)31-2)22-18(9-11-26-23(22)28)25-10-8-15-6-4-3-5-7-15/h3-7,9,11-14,27H,8,10H2,1-2H3,(H2,25,26,28). The summed E-state index contributed by atoms with van der Waals surface area (Å²) < 4.78 is 10.2. The molecule has 0 atom stereocenters. The molecule has 2 aromatic heterocycles. The lowest BCUT2D eigenvalue weighted by atomic mass is 10.1. The van der Waals surface area contributed by atoms with Crippen molar-refractivity contribution in [2.24, 2.45) is 0 Å². The van der Waals surface area contributed by atoms with Crippen LogP contribution in [0.15, 0.2) is 65.6 Å². The zero-order valence-electron chi connectivity index (χ0n) is 17.3. The second kappa shape index (κ2) is 8.79. The lowest BCUT2D eigenvalue weighted by molar-refractivity contribution is 0.0597. The fourth-order valence-electron chi connectivity index (χ4n) is 3.61. The monoisotopic (exact) mass is 417 g/mol. The third-order valence-corrected chi connectivity index (χ3v) is 5.15. The molecule has 0 saturated carbocycles. The molecule has 0 fully saturated rings. The summed E-state index contributed by atoms with van der Waals surface area (Å²) in [7, 11) is 2.82. The van der Waals surface area contributed by atoms with E-state index in [1.165, 1.54) is 19.8 Å². The molecule has 7 heteroatoms. The summed E-state index contributed by atoms with van der Waals surface area (Å²) in [6.45, 7) is 0.682. The molecule has 2 aromatic carbocycles. The fourth-order valence-corrected chi connectivity index (χ4v) is 3.61. The van der Waals surface area contributed by atoms with Crippen LogP contribution in [0.2, 0.25) is 0 Å². The zero-order valence-corrected chi connectivity index (χ0v) is 17.3. The molecule has 3 N–H and O–H groups in total. The topological polar surface area (TPSA) is 96.2 Å². The Kier molecular flexibility index (Phi) is 5.75. The van der Waals surface area contributed by atoms with E-state index < -0.39 is 5.97 Å². The van der Waals surface area contributed by atoms with Gasteiger partial charge in [-0.05, 0) is 36.2 Å². The van der Waals surface area contributed by atoms with Gasteiger partial charge in [-0.3, -0.25) is 4.79 Å². The number of carbonyl (C=O) groups is 1. The van der Waals surface area contributed by atoms with Crippen molar-refractivity contribution in [3.8, 4) is 17.0 Å². The molecule has 0 aliphatic carbocycles. The second-order valence-electron chi connectivity index (χ2n) is 7.07. The number of anilines is 1. The summed E-state index contributed by atoms with van der Waals surface area (Å²) in [4.78, 5) is 30.7. The molecule has 4 rings (SSSR count). The van der Waals surface area contributed by atoms with Crippen LogP contribution in [0.1, 0.15) is 15.9 Å². The molecule has 0 saturated heterocycles. The first-order valence-corrected chi connectivity index (χ1v) is 9.89. The molecule has 0 aliphatic rings. The molecule has 0 unspecified atom stereocenters. The summed E-state index contributed by atoms with van der Waals surface area (Å²) in [5.74, 6) is -0.0798. The van der Waals surface area contributed by atoms with E-state index in [0.717, 1.165) is 17.5 Å². The molecular weight excluding hydrogens is 394 g/mol. The summed E-state index contributed by atoms with van der Waals surface area (Å²) in [5.41, 5.74) is 3.90. The van der Waals surface area contributed by atoms with Crippen molar-refractivity contribution >= 4 is 22.6 Å². The maximum absolute atomic E-state index is 12.7. The smallest absolute Gasteiger partial charge is 0.341 e. The number of rotatable bonds is 7. The van der Waals surface area contributed by atoms with Crippen LogP contribution in [0.5, 0.6) is 5.75 Å². The maximum Gasteiger partial charge on any atom is 0.341 e. The molecule has 31 heavy (non-hydrogen) atoms. The number of carbonyl (C=O) groups excluding carboxylic acids is 1. The van der Waals surface area contributed by atoms with Gasteiger partial charge in [0.25, 0.3) is 5.56 Å². The summed E-state index contributed by atoms with van der Waals surface area (Å²) in [6, 6.07) is 17.3. The number of nitrogens with one attached hydrogen (secondary N) is 3. The summed E-state index contributed by atoms with van der Waals surface area (Å²) in [5, 5.41) is 4.19. The Labute approximate surface area is 179 Å². The number of aromatic amines is 2. The molecule has 7 nitrogen and oxygen atoms in total. The van der Waals surface area contributed by atoms with E-state index in [0.29, 0.717) is 34.6 Å². The Morgan fingerprint density at radius 1 is 1.06 bits per heavy atom. The molecule has 2 heterocycles. The van der Waals surface area contributed by atoms with Gasteiger partial charge in [0.2, 0.25) is 0 Å².